The fourth-order valence-corrected chi connectivity index (χ4v) is 1.53. The Morgan fingerprint density at radius 1 is 0.765 bits per heavy atom. The fourth-order valence-electron chi connectivity index (χ4n) is 1.53. The fraction of sp³-hybridized carbons (Fsp3) is 0.125. The van der Waals surface area contributed by atoms with E-state index in [9.17, 15) is 0 Å². The molecule has 0 bridgehead atoms. The summed E-state index contributed by atoms with van der Waals surface area (Å²) in [5.74, 6) is 6.28. The number of nitrogens with one attached hydrogen (secondary N) is 1. The summed E-state index contributed by atoms with van der Waals surface area (Å²) in [6.07, 6.45) is 0.817. The lowest BCUT2D eigenvalue weighted by Gasteiger charge is -1.99. The first-order valence-electron chi connectivity index (χ1n) is 5.74. The molecule has 1 heteroatoms. The van der Waals surface area contributed by atoms with Gasteiger partial charge in [0, 0.05) is 12.1 Å². The highest BCUT2D eigenvalue weighted by Gasteiger charge is 1.86. The van der Waals surface area contributed by atoms with Crippen LogP contribution in [-0.4, -0.2) is 6.54 Å². The highest BCUT2D eigenvalue weighted by atomic mass is 14.8. The number of benzene rings is 2. The van der Waals surface area contributed by atoms with E-state index in [0.29, 0.717) is 6.54 Å². The SMILES string of the molecule is C(#CCc1ccccc1)CNc1ccccc1. The number of hydrogen-bond acceptors (Lipinski definition) is 1. The first-order valence-corrected chi connectivity index (χ1v) is 5.74. The Labute approximate surface area is 102 Å². The first-order chi connectivity index (χ1) is 8.45. The number of hydrogen-bond donors (Lipinski definition) is 1. The average Bonchev–Trinajstić information content (AvgIpc) is 2.41. The van der Waals surface area contributed by atoms with Gasteiger partial charge in [-0.1, -0.05) is 60.4 Å². The van der Waals surface area contributed by atoms with Crippen LogP contribution in [0.15, 0.2) is 60.7 Å². The van der Waals surface area contributed by atoms with E-state index in [-0.39, 0.29) is 0 Å². The van der Waals surface area contributed by atoms with Crippen LogP contribution in [0, 0.1) is 11.8 Å². The summed E-state index contributed by atoms with van der Waals surface area (Å²) in [5, 5.41) is 3.26. The highest BCUT2D eigenvalue weighted by Crippen LogP contribution is 2.03. The molecular formula is C16H15N. The second kappa shape index (κ2) is 6.40. The molecule has 0 saturated carbocycles. The van der Waals surface area contributed by atoms with Crippen LogP contribution in [0.3, 0.4) is 0 Å². The molecule has 84 valence electrons. The molecule has 0 radical (unpaired) electrons. The predicted octanol–water partition coefficient (Wildman–Crippen LogP) is 3.34. The second-order valence-corrected chi connectivity index (χ2v) is 3.74. The Balaban J connectivity index is 1.76. The lowest BCUT2D eigenvalue weighted by atomic mass is 10.2. The van der Waals surface area contributed by atoms with E-state index < -0.39 is 0 Å². The van der Waals surface area contributed by atoms with Gasteiger partial charge in [-0.15, -0.1) is 0 Å². The summed E-state index contributed by atoms with van der Waals surface area (Å²) in [5.41, 5.74) is 2.38. The topological polar surface area (TPSA) is 12.0 Å². The molecule has 0 heterocycles. The van der Waals surface area contributed by atoms with Crippen LogP contribution in [-0.2, 0) is 6.42 Å². The standard InChI is InChI=1S/C16H15N/c1-3-9-15(10-4-1)11-7-8-14-17-16-12-5-2-6-13-16/h1-6,9-10,12-13,17H,11,14H2. The Morgan fingerprint density at radius 2 is 1.41 bits per heavy atom. The van der Waals surface area contributed by atoms with Crippen LogP contribution in [0.25, 0.3) is 0 Å². The van der Waals surface area contributed by atoms with Crippen molar-refractivity contribution in [2.45, 2.75) is 6.42 Å². The summed E-state index contributed by atoms with van der Waals surface area (Å²) < 4.78 is 0. The van der Waals surface area contributed by atoms with Gasteiger partial charge < -0.3 is 5.32 Å². The number of para-hydroxylation sites is 1. The maximum Gasteiger partial charge on any atom is 0.0766 e. The van der Waals surface area contributed by atoms with Crippen LogP contribution < -0.4 is 5.32 Å². The molecule has 0 aromatic heterocycles. The van der Waals surface area contributed by atoms with Crippen molar-refractivity contribution in [1.29, 1.82) is 0 Å². The van der Waals surface area contributed by atoms with E-state index >= 15 is 0 Å². The minimum atomic E-state index is 0.691. The molecule has 2 aromatic carbocycles. The third-order valence-corrected chi connectivity index (χ3v) is 2.42. The zero-order valence-corrected chi connectivity index (χ0v) is 9.69. The number of anilines is 1. The molecule has 17 heavy (non-hydrogen) atoms. The van der Waals surface area contributed by atoms with Gasteiger partial charge in [0.05, 0.1) is 6.54 Å². The molecule has 0 amide bonds. The summed E-state index contributed by atoms with van der Waals surface area (Å²) in [7, 11) is 0. The van der Waals surface area contributed by atoms with Crippen molar-refractivity contribution in [3.8, 4) is 11.8 Å². The molecule has 0 fully saturated rings. The molecule has 0 aliphatic carbocycles. The van der Waals surface area contributed by atoms with Gasteiger partial charge in [0.15, 0.2) is 0 Å². The largest absolute Gasteiger partial charge is 0.374 e. The van der Waals surface area contributed by atoms with Gasteiger partial charge in [0.25, 0.3) is 0 Å². The van der Waals surface area contributed by atoms with Gasteiger partial charge in [-0.3, -0.25) is 0 Å². The lowest BCUT2D eigenvalue weighted by molar-refractivity contribution is 1.30. The third kappa shape index (κ3) is 4.04. The molecule has 1 nitrogen and oxygen atoms in total. The Morgan fingerprint density at radius 3 is 2.12 bits per heavy atom. The van der Waals surface area contributed by atoms with Gasteiger partial charge in [-0.25, -0.2) is 0 Å². The zero-order valence-electron chi connectivity index (χ0n) is 9.69. The maximum absolute atomic E-state index is 3.26. The second-order valence-electron chi connectivity index (χ2n) is 3.74. The minimum Gasteiger partial charge on any atom is -0.374 e. The van der Waals surface area contributed by atoms with E-state index in [2.05, 4.69) is 29.3 Å². The molecule has 2 aromatic rings. The summed E-state index contributed by atoms with van der Waals surface area (Å²) in [6, 6.07) is 20.4. The maximum atomic E-state index is 3.26. The van der Waals surface area contributed by atoms with Gasteiger partial charge in [0.2, 0.25) is 0 Å². The van der Waals surface area contributed by atoms with Crippen LogP contribution in [0.2, 0.25) is 0 Å². The molecule has 0 aliphatic heterocycles. The van der Waals surface area contributed by atoms with Crippen molar-refractivity contribution in [2.75, 3.05) is 11.9 Å². The van der Waals surface area contributed by atoms with E-state index in [1.165, 1.54) is 5.56 Å². The number of rotatable bonds is 3. The van der Waals surface area contributed by atoms with E-state index in [0.717, 1.165) is 12.1 Å². The molecular weight excluding hydrogens is 206 g/mol. The van der Waals surface area contributed by atoms with E-state index in [1.807, 2.05) is 48.5 Å². The van der Waals surface area contributed by atoms with Crippen molar-refractivity contribution < 1.29 is 0 Å². The molecule has 0 unspecified atom stereocenters. The molecule has 0 saturated heterocycles. The quantitative estimate of drug-likeness (QED) is 0.784. The third-order valence-electron chi connectivity index (χ3n) is 2.42. The van der Waals surface area contributed by atoms with Crippen LogP contribution in [0.5, 0.6) is 0 Å². The van der Waals surface area contributed by atoms with Gasteiger partial charge >= 0.3 is 0 Å². The zero-order chi connectivity index (χ0) is 11.8. The smallest absolute Gasteiger partial charge is 0.0766 e. The Kier molecular flexibility index (Phi) is 4.25. The van der Waals surface area contributed by atoms with Crippen molar-refractivity contribution in [1.82, 2.24) is 0 Å². The Hall–Kier alpha value is -2.20. The predicted molar refractivity (Wildman–Crippen MR) is 72.9 cm³/mol. The Bertz CT molecular complexity index is 491. The van der Waals surface area contributed by atoms with Gasteiger partial charge in [0.1, 0.15) is 0 Å². The van der Waals surface area contributed by atoms with Crippen LogP contribution in [0.4, 0.5) is 5.69 Å². The van der Waals surface area contributed by atoms with E-state index in [1.54, 1.807) is 0 Å². The van der Waals surface area contributed by atoms with Crippen LogP contribution >= 0.6 is 0 Å². The van der Waals surface area contributed by atoms with Crippen molar-refractivity contribution in [3.63, 3.8) is 0 Å². The summed E-state index contributed by atoms with van der Waals surface area (Å²) in [6.45, 7) is 0.691. The van der Waals surface area contributed by atoms with E-state index in [4.69, 9.17) is 0 Å². The minimum absolute atomic E-state index is 0.691. The average molecular weight is 221 g/mol. The van der Waals surface area contributed by atoms with Crippen LogP contribution in [0.1, 0.15) is 5.56 Å². The molecule has 1 N–H and O–H groups in total. The first kappa shape index (κ1) is 11.3. The monoisotopic (exact) mass is 221 g/mol. The van der Waals surface area contributed by atoms with Gasteiger partial charge in [-0.2, -0.15) is 0 Å². The molecule has 0 aliphatic rings. The van der Waals surface area contributed by atoms with Gasteiger partial charge in [-0.05, 0) is 17.7 Å². The normalized spacial score (nSPS) is 9.18. The van der Waals surface area contributed by atoms with Crippen molar-refractivity contribution >= 4 is 5.69 Å². The van der Waals surface area contributed by atoms with Crippen molar-refractivity contribution in [3.05, 3.63) is 66.2 Å². The summed E-state index contributed by atoms with van der Waals surface area (Å²) in [4.78, 5) is 0. The molecule has 0 spiro atoms. The molecule has 0 atom stereocenters. The highest BCUT2D eigenvalue weighted by molar-refractivity contribution is 5.43. The van der Waals surface area contributed by atoms with Crippen molar-refractivity contribution in [2.24, 2.45) is 0 Å². The summed E-state index contributed by atoms with van der Waals surface area (Å²) >= 11 is 0. The molecule has 2 rings (SSSR count). The lowest BCUT2D eigenvalue weighted by Crippen LogP contribution is -1.97.